The van der Waals surface area contributed by atoms with E-state index < -0.39 is 0 Å². The van der Waals surface area contributed by atoms with Crippen LogP contribution >= 0.6 is 23.1 Å². The van der Waals surface area contributed by atoms with Gasteiger partial charge in [-0.2, -0.15) is 0 Å². The van der Waals surface area contributed by atoms with Crippen molar-refractivity contribution < 1.29 is 9.53 Å². The van der Waals surface area contributed by atoms with Crippen molar-refractivity contribution in [3.8, 4) is 0 Å². The summed E-state index contributed by atoms with van der Waals surface area (Å²) in [5, 5.41) is 3.74. The monoisotopic (exact) mass is 434 g/mol. The number of ether oxygens (including phenoxy) is 1. The maximum atomic E-state index is 12.2. The van der Waals surface area contributed by atoms with Gasteiger partial charge in [-0.3, -0.25) is 4.79 Å². The van der Waals surface area contributed by atoms with Gasteiger partial charge in [-0.15, -0.1) is 11.3 Å². The quantitative estimate of drug-likeness (QED) is 0.375. The van der Waals surface area contributed by atoms with E-state index in [0.717, 1.165) is 25.8 Å². The van der Waals surface area contributed by atoms with E-state index >= 15 is 0 Å². The lowest BCUT2D eigenvalue weighted by atomic mass is 10.1. The van der Waals surface area contributed by atoms with Crippen LogP contribution in [0, 0.1) is 13.8 Å². The molecule has 4 nitrogen and oxygen atoms in total. The Morgan fingerprint density at radius 1 is 1.00 bits per heavy atom. The zero-order valence-electron chi connectivity index (χ0n) is 16.8. The molecular formula is C24H22N2O2S2. The van der Waals surface area contributed by atoms with Gasteiger partial charge in [0.25, 0.3) is 0 Å². The van der Waals surface area contributed by atoms with Crippen LogP contribution in [0.2, 0.25) is 0 Å². The number of nitrogens with one attached hydrogen (secondary N) is 1. The SMILES string of the molecule is Cc1ccc(Sc2ccc(NC(=O)COCc3nc4ccccc4s3)cc2)cc1C. The van der Waals surface area contributed by atoms with Gasteiger partial charge in [-0.25, -0.2) is 4.98 Å². The largest absolute Gasteiger partial charge is 0.364 e. The van der Waals surface area contributed by atoms with Crippen LogP contribution < -0.4 is 5.32 Å². The van der Waals surface area contributed by atoms with E-state index in [1.165, 1.54) is 16.0 Å². The predicted octanol–water partition coefficient (Wildman–Crippen LogP) is 6.22. The number of rotatable bonds is 7. The van der Waals surface area contributed by atoms with Crippen LogP contribution in [0.5, 0.6) is 0 Å². The summed E-state index contributed by atoms with van der Waals surface area (Å²) in [6.07, 6.45) is 0. The van der Waals surface area contributed by atoms with E-state index in [1.807, 2.05) is 48.5 Å². The fourth-order valence-electron chi connectivity index (χ4n) is 2.93. The number of aryl methyl sites for hydroxylation is 2. The Hall–Kier alpha value is -2.67. The standard InChI is InChI=1S/C24H22N2O2S2/c1-16-7-10-20(13-17(16)2)29-19-11-8-18(9-12-19)25-23(27)14-28-15-24-26-21-5-3-4-6-22(21)30-24/h3-13H,14-15H2,1-2H3,(H,25,27). The number of nitrogens with zero attached hydrogens (tertiary/aromatic N) is 1. The van der Waals surface area contributed by atoms with Crippen LogP contribution in [0.25, 0.3) is 10.2 Å². The Morgan fingerprint density at radius 3 is 2.53 bits per heavy atom. The van der Waals surface area contributed by atoms with Gasteiger partial charge in [-0.05, 0) is 73.5 Å². The molecule has 4 rings (SSSR count). The van der Waals surface area contributed by atoms with E-state index in [-0.39, 0.29) is 12.5 Å². The number of carbonyl (C=O) groups is 1. The fraction of sp³-hybridized carbons (Fsp3) is 0.167. The number of benzene rings is 3. The highest BCUT2D eigenvalue weighted by atomic mass is 32.2. The van der Waals surface area contributed by atoms with E-state index in [4.69, 9.17) is 4.74 Å². The van der Waals surface area contributed by atoms with Gasteiger partial charge in [0.15, 0.2) is 0 Å². The van der Waals surface area contributed by atoms with E-state index in [9.17, 15) is 4.79 Å². The van der Waals surface area contributed by atoms with Gasteiger partial charge in [0, 0.05) is 15.5 Å². The first kappa shape index (κ1) is 20.6. The smallest absolute Gasteiger partial charge is 0.250 e. The first-order valence-electron chi connectivity index (χ1n) is 9.64. The first-order chi connectivity index (χ1) is 14.6. The highest BCUT2D eigenvalue weighted by molar-refractivity contribution is 7.99. The number of para-hydroxylation sites is 1. The first-order valence-corrected chi connectivity index (χ1v) is 11.3. The molecular weight excluding hydrogens is 412 g/mol. The molecule has 0 saturated heterocycles. The van der Waals surface area contributed by atoms with Crippen LogP contribution in [-0.2, 0) is 16.1 Å². The number of fused-ring (bicyclic) bond motifs is 1. The summed E-state index contributed by atoms with van der Waals surface area (Å²) in [7, 11) is 0. The van der Waals surface area contributed by atoms with Crippen molar-refractivity contribution in [2.75, 3.05) is 11.9 Å². The molecule has 6 heteroatoms. The van der Waals surface area contributed by atoms with Crippen LogP contribution in [0.4, 0.5) is 5.69 Å². The predicted molar refractivity (Wildman–Crippen MR) is 124 cm³/mol. The minimum absolute atomic E-state index is 0.00489. The number of aromatic nitrogens is 1. The van der Waals surface area contributed by atoms with Crippen molar-refractivity contribution in [2.24, 2.45) is 0 Å². The Labute approximate surface area is 184 Å². The van der Waals surface area contributed by atoms with Crippen molar-refractivity contribution in [1.82, 2.24) is 4.98 Å². The second kappa shape index (κ2) is 9.43. The van der Waals surface area contributed by atoms with Crippen LogP contribution in [-0.4, -0.2) is 17.5 Å². The average Bonchev–Trinajstić information content (AvgIpc) is 3.15. The van der Waals surface area contributed by atoms with Gasteiger partial charge in [-0.1, -0.05) is 30.0 Å². The lowest BCUT2D eigenvalue weighted by Crippen LogP contribution is -2.18. The van der Waals surface area contributed by atoms with Crippen molar-refractivity contribution in [2.45, 2.75) is 30.2 Å². The normalized spacial score (nSPS) is 11.0. The molecule has 30 heavy (non-hydrogen) atoms. The average molecular weight is 435 g/mol. The topological polar surface area (TPSA) is 51.2 Å². The van der Waals surface area contributed by atoms with Crippen molar-refractivity contribution in [3.05, 3.63) is 82.9 Å². The highest BCUT2D eigenvalue weighted by Gasteiger charge is 2.07. The molecule has 0 radical (unpaired) electrons. The Bertz CT molecular complexity index is 1140. The maximum Gasteiger partial charge on any atom is 0.250 e. The van der Waals surface area contributed by atoms with Crippen molar-refractivity contribution >= 4 is 44.9 Å². The molecule has 0 bridgehead atoms. The van der Waals surface area contributed by atoms with Gasteiger partial charge in [0.1, 0.15) is 11.6 Å². The zero-order valence-corrected chi connectivity index (χ0v) is 18.5. The van der Waals surface area contributed by atoms with E-state index in [0.29, 0.717) is 6.61 Å². The molecule has 0 saturated carbocycles. The molecule has 1 amide bonds. The van der Waals surface area contributed by atoms with Crippen LogP contribution in [0.3, 0.4) is 0 Å². The molecule has 152 valence electrons. The van der Waals surface area contributed by atoms with Crippen LogP contribution in [0.1, 0.15) is 16.1 Å². The van der Waals surface area contributed by atoms with E-state index in [1.54, 1.807) is 23.1 Å². The fourth-order valence-corrected chi connectivity index (χ4v) is 4.75. The summed E-state index contributed by atoms with van der Waals surface area (Å²) in [5.74, 6) is -0.175. The van der Waals surface area contributed by atoms with Crippen molar-refractivity contribution in [1.29, 1.82) is 0 Å². The Balaban J connectivity index is 1.26. The molecule has 0 unspecified atom stereocenters. The molecule has 4 aromatic rings. The number of hydrogen-bond acceptors (Lipinski definition) is 5. The second-order valence-electron chi connectivity index (χ2n) is 6.99. The number of carbonyl (C=O) groups excluding carboxylic acids is 1. The maximum absolute atomic E-state index is 12.2. The third kappa shape index (κ3) is 5.27. The summed E-state index contributed by atoms with van der Waals surface area (Å²) < 4.78 is 6.66. The van der Waals surface area contributed by atoms with Crippen LogP contribution in [0.15, 0.2) is 76.5 Å². The lowest BCUT2D eigenvalue weighted by Gasteiger charge is -2.08. The molecule has 3 aromatic carbocycles. The molecule has 1 heterocycles. The molecule has 0 atom stereocenters. The Morgan fingerprint density at radius 2 is 1.77 bits per heavy atom. The number of anilines is 1. The molecule has 1 N–H and O–H groups in total. The van der Waals surface area contributed by atoms with Gasteiger partial charge < -0.3 is 10.1 Å². The molecule has 0 aliphatic heterocycles. The third-order valence-electron chi connectivity index (χ3n) is 4.65. The van der Waals surface area contributed by atoms with Gasteiger partial charge in [0.05, 0.1) is 16.8 Å². The van der Waals surface area contributed by atoms with E-state index in [2.05, 4.69) is 42.3 Å². The third-order valence-corrected chi connectivity index (χ3v) is 6.66. The minimum atomic E-state index is -0.175. The summed E-state index contributed by atoms with van der Waals surface area (Å²) >= 11 is 3.29. The number of thiazole rings is 1. The summed E-state index contributed by atoms with van der Waals surface area (Å²) in [6.45, 7) is 4.56. The molecule has 0 fully saturated rings. The second-order valence-corrected chi connectivity index (χ2v) is 9.25. The molecule has 0 aliphatic rings. The van der Waals surface area contributed by atoms with Gasteiger partial charge in [0.2, 0.25) is 5.91 Å². The zero-order chi connectivity index (χ0) is 20.9. The summed E-state index contributed by atoms with van der Waals surface area (Å²) in [5.41, 5.74) is 4.30. The Kier molecular flexibility index (Phi) is 6.47. The number of hydrogen-bond donors (Lipinski definition) is 1. The van der Waals surface area contributed by atoms with Crippen molar-refractivity contribution in [3.63, 3.8) is 0 Å². The number of amides is 1. The summed E-state index contributed by atoms with van der Waals surface area (Å²) in [6, 6.07) is 22.3. The highest BCUT2D eigenvalue weighted by Crippen LogP contribution is 2.30. The lowest BCUT2D eigenvalue weighted by molar-refractivity contribution is -0.121. The summed E-state index contributed by atoms with van der Waals surface area (Å²) in [4.78, 5) is 19.0. The molecule has 1 aromatic heterocycles. The minimum Gasteiger partial charge on any atom is -0.364 e. The molecule has 0 spiro atoms. The van der Waals surface area contributed by atoms with Gasteiger partial charge >= 0.3 is 0 Å². The molecule has 0 aliphatic carbocycles.